The van der Waals surface area contributed by atoms with Gasteiger partial charge in [0.1, 0.15) is 17.5 Å². The molecule has 0 heterocycles. The van der Waals surface area contributed by atoms with Gasteiger partial charge in [0, 0.05) is 0 Å². The Balaban J connectivity index is 2.20. The van der Waals surface area contributed by atoms with Crippen molar-refractivity contribution in [3.05, 3.63) is 54.6 Å². The number of carbonyl (C=O) groups excluding carboxylic acids is 1. The number of benzene rings is 2. The minimum atomic E-state index is -4.24. The van der Waals surface area contributed by atoms with Crippen molar-refractivity contribution in [2.75, 3.05) is 0 Å². The summed E-state index contributed by atoms with van der Waals surface area (Å²) in [5.41, 5.74) is 5.00. The number of sulfonamides is 1. The lowest BCUT2D eigenvalue weighted by Crippen LogP contribution is -2.43. The Morgan fingerprint density at radius 3 is 2.13 bits per heavy atom. The minimum absolute atomic E-state index is 0.0532. The van der Waals surface area contributed by atoms with Crippen LogP contribution in [-0.4, -0.2) is 30.0 Å². The van der Waals surface area contributed by atoms with Crippen LogP contribution in [0, 0.1) is 0 Å². The standard InChI is InChI=1S/C15H16N2O5S/c1-11(15(16)18)17(19)23(20,21)14-9-7-13(8-10-14)22-12-5-3-2-4-6-12/h2-11,19H,1H3,(H2,16,18)/t11-/m0/s1. The van der Waals surface area contributed by atoms with E-state index in [0.29, 0.717) is 11.5 Å². The first-order valence-corrected chi connectivity index (χ1v) is 8.12. The van der Waals surface area contributed by atoms with Gasteiger partial charge in [-0.1, -0.05) is 22.7 Å². The number of hydrogen-bond donors (Lipinski definition) is 2. The molecule has 0 saturated heterocycles. The lowest BCUT2D eigenvalue weighted by atomic mass is 10.3. The summed E-state index contributed by atoms with van der Waals surface area (Å²) in [5.74, 6) is 0.0805. The molecule has 0 unspecified atom stereocenters. The first-order valence-electron chi connectivity index (χ1n) is 6.68. The molecule has 0 saturated carbocycles. The topological polar surface area (TPSA) is 110 Å². The second kappa shape index (κ2) is 6.78. The van der Waals surface area contributed by atoms with Crippen molar-refractivity contribution < 1.29 is 23.2 Å². The molecule has 7 nitrogen and oxygen atoms in total. The van der Waals surface area contributed by atoms with Crippen molar-refractivity contribution in [1.29, 1.82) is 0 Å². The third-order valence-corrected chi connectivity index (χ3v) is 4.77. The maximum atomic E-state index is 12.2. The van der Waals surface area contributed by atoms with Crippen LogP contribution in [0.1, 0.15) is 6.92 Å². The third kappa shape index (κ3) is 3.86. The number of rotatable bonds is 6. The molecule has 0 aromatic heterocycles. The predicted molar refractivity (Wildman–Crippen MR) is 82.4 cm³/mol. The number of amides is 1. The van der Waals surface area contributed by atoms with Gasteiger partial charge in [-0.05, 0) is 43.3 Å². The van der Waals surface area contributed by atoms with E-state index >= 15 is 0 Å². The van der Waals surface area contributed by atoms with Gasteiger partial charge in [0.2, 0.25) is 5.91 Å². The summed E-state index contributed by atoms with van der Waals surface area (Å²) in [6.45, 7) is 1.19. The number of hydroxylamine groups is 1. The molecule has 0 radical (unpaired) electrons. The van der Waals surface area contributed by atoms with Crippen molar-refractivity contribution in [3.8, 4) is 11.5 Å². The van der Waals surface area contributed by atoms with Crippen molar-refractivity contribution in [1.82, 2.24) is 4.47 Å². The molecule has 0 spiro atoms. The van der Waals surface area contributed by atoms with E-state index in [4.69, 9.17) is 10.5 Å². The molecule has 0 aliphatic rings. The molecule has 1 amide bonds. The van der Waals surface area contributed by atoms with Gasteiger partial charge in [0.05, 0.1) is 4.90 Å². The second-order valence-corrected chi connectivity index (χ2v) is 6.54. The fourth-order valence-electron chi connectivity index (χ4n) is 1.73. The maximum absolute atomic E-state index is 12.2. The molecule has 0 aliphatic heterocycles. The summed E-state index contributed by atoms with van der Waals surface area (Å²) in [6.07, 6.45) is 0. The molecule has 0 aliphatic carbocycles. The van der Waals surface area contributed by atoms with E-state index in [1.54, 1.807) is 12.1 Å². The molecule has 122 valence electrons. The third-order valence-electron chi connectivity index (χ3n) is 3.09. The van der Waals surface area contributed by atoms with Gasteiger partial charge in [-0.25, -0.2) is 8.42 Å². The van der Waals surface area contributed by atoms with Gasteiger partial charge in [0.25, 0.3) is 10.0 Å². The molecule has 2 aromatic carbocycles. The zero-order chi connectivity index (χ0) is 17.0. The Labute approximate surface area is 133 Å². The highest BCUT2D eigenvalue weighted by Crippen LogP contribution is 2.24. The van der Waals surface area contributed by atoms with Crippen LogP contribution in [0.25, 0.3) is 0 Å². The SMILES string of the molecule is C[C@@H](C(N)=O)N(O)S(=O)(=O)c1ccc(Oc2ccccc2)cc1. The van der Waals surface area contributed by atoms with Gasteiger partial charge in [-0.15, -0.1) is 0 Å². The molecule has 2 aromatic rings. The number of primary amides is 1. The quantitative estimate of drug-likeness (QED) is 0.781. The number of nitrogens with zero attached hydrogens (tertiary/aromatic N) is 1. The van der Waals surface area contributed by atoms with Crippen LogP contribution in [0.15, 0.2) is 59.5 Å². The normalized spacial score (nSPS) is 12.8. The van der Waals surface area contributed by atoms with Gasteiger partial charge in [0.15, 0.2) is 0 Å². The molecule has 2 rings (SSSR count). The van der Waals surface area contributed by atoms with E-state index in [-0.39, 0.29) is 9.36 Å². The fourth-order valence-corrected chi connectivity index (χ4v) is 2.95. The highest BCUT2D eigenvalue weighted by atomic mass is 32.2. The van der Waals surface area contributed by atoms with Crippen molar-refractivity contribution in [3.63, 3.8) is 0 Å². The van der Waals surface area contributed by atoms with Gasteiger partial charge >= 0.3 is 0 Å². The van der Waals surface area contributed by atoms with E-state index in [1.807, 2.05) is 18.2 Å². The molecule has 23 heavy (non-hydrogen) atoms. The van der Waals surface area contributed by atoms with Crippen LogP contribution < -0.4 is 10.5 Å². The number of carbonyl (C=O) groups is 1. The summed E-state index contributed by atoms with van der Waals surface area (Å²) in [7, 11) is -4.24. The number of para-hydroxylation sites is 1. The van der Waals surface area contributed by atoms with E-state index < -0.39 is 22.0 Å². The van der Waals surface area contributed by atoms with Crippen LogP contribution in [-0.2, 0) is 14.8 Å². The molecule has 1 atom stereocenters. The van der Waals surface area contributed by atoms with Crippen molar-refractivity contribution >= 4 is 15.9 Å². The van der Waals surface area contributed by atoms with Crippen LogP contribution in [0.5, 0.6) is 11.5 Å². The summed E-state index contributed by atoms with van der Waals surface area (Å²) < 4.78 is 29.8. The van der Waals surface area contributed by atoms with Gasteiger partial charge in [-0.3, -0.25) is 10.0 Å². The fraction of sp³-hybridized carbons (Fsp3) is 0.133. The van der Waals surface area contributed by atoms with Crippen LogP contribution in [0.3, 0.4) is 0 Å². The lowest BCUT2D eigenvalue weighted by molar-refractivity contribution is -0.129. The highest BCUT2D eigenvalue weighted by Gasteiger charge is 2.30. The largest absolute Gasteiger partial charge is 0.457 e. The van der Waals surface area contributed by atoms with Crippen molar-refractivity contribution in [2.24, 2.45) is 5.73 Å². The average molecular weight is 336 g/mol. The van der Waals surface area contributed by atoms with Crippen LogP contribution in [0.2, 0.25) is 0 Å². The zero-order valence-electron chi connectivity index (χ0n) is 12.3. The van der Waals surface area contributed by atoms with E-state index in [9.17, 15) is 18.4 Å². The smallest absolute Gasteiger partial charge is 0.265 e. The maximum Gasteiger partial charge on any atom is 0.265 e. The van der Waals surface area contributed by atoms with E-state index in [1.165, 1.54) is 31.2 Å². The summed E-state index contributed by atoms with van der Waals surface area (Å²) in [4.78, 5) is 10.8. The lowest BCUT2D eigenvalue weighted by Gasteiger charge is -2.19. The summed E-state index contributed by atoms with van der Waals surface area (Å²) in [6, 6.07) is 13.0. The van der Waals surface area contributed by atoms with Crippen LogP contribution >= 0.6 is 0 Å². The molecule has 3 N–H and O–H groups in total. The molecule has 0 bridgehead atoms. The molecule has 8 heteroatoms. The molecule has 0 fully saturated rings. The summed E-state index contributed by atoms with van der Waals surface area (Å²) in [5, 5.41) is 9.69. The molecular weight excluding hydrogens is 320 g/mol. The highest BCUT2D eigenvalue weighted by molar-refractivity contribution is 7.89. The second-order valence-electron chi connectivity index (χ2n) is 4.74. The Morgan fingerprint density at radius 1 is 1.09 bits per heavy atom. The first kappa shape index (κ1) is 16.9. The summed E-state index contributed by atoms with van der Waals surface area (Å²) >= 11 is 0. The van der Waals surface area contributed by atoms with E-state index in [0.717, 1.165) is 0 Å². The Hall–Kier alpha value is -2.42. The zero-order valence-corrected chi connectivity index (χ0v) is 13.1. The van der Waals surface area contributed by atoms with Gasteiger partial charge < -0.3 is 10.5 Å². The Morgan fingerprint density at radius 2 is 1.61 bits per heavy atom. The number of ether oxygens (including phenoxy) is 1. The predicted octanol–water partition coefficient (Wildman–Crippen LogP) is 1.73. The first-order chi connectivity index (χ1) is 10.8. The average Bonchev–Trinajstić information content (AvgIpc) is 2.54. The van der Waals surface area contributed by atoms with Crippen molar-refractivity contribution in [2.45, 2.75) is 17.9 Å². The number of nitrogens with two attached hydrogens (primary N) is 1. The van der Waals surface area contributed by atoms with E-state index in [2.05, 4.69) is 0 Å². The van der Waals surface area contributed by atoms with Crippen LogP contribution in [0.4, 0.5) is 0 Å². The van der Waals surface area contributed by atoms with Gasteiger partial charge in [-0.2, -0.15) is 0 Å². The Bertz CT molecular complexity index is 775. The molecular formula is C15H16N2O5S. The monoisotopic (exact) mass is 336 g/mol. The number of hydrogen-bond acceptors (Lipinski definition) is 5. The minimum Gasteiger partial charge on any atom is -0.457 e. The Kier molecular flexibility index (Phi) is 4.99.